The van der Waals surface area contributed by atoms with Gasteiger partial charge < -0.3 is 4.43 Å². The van der Waals surface area contributed by atoms with E-state index in [4.69, 9.17) is 4.43 Å². The van der Waals surface area contributed by atoms with Crippen LogP contribution >= 0.6 is 0 Å². The van der Waals surface area contributed by atoms with E-state index in [1.54, 1.807) is 0 Å². The molecule has 25 heavy (non-hydrogen) atoms. The number of aromatic nitrogens is 1. The van der Waals surface area contributed by atoms with Crippen LogP contribution in [0.5, 0.6) is 0 Å². The van der Waals surface area contributed by atoms with Gasteiger partial charge in [0.15, 0.2) is 8.32 Å². The van der Waals surface area contributed by atoms with Crippen LogP contribution in [0.25, 0.3) is 0 Å². The molecule has 0 unspecified atom stereocenters. The third kappa shape index (κ3) is 6.71. The molecular formula is C22H39NOSi. The summed E-state index contributed by atoms with van der Waals surface area (Å²) >= 11 is 0. The number of allylic oxidation sites excluding steroid dienone is 2. The molecule has 0 aliphatic carbocycles. The highest BCUT2D eigenvalue weighted by molar-refractivity contribution is 6.77. The highest BCUT2D eigenvalue weighted by Crippen LogP contribution is 2.42. The van der Waals surface area contributed by atoms with Crippen LogP contribution in [0.4, 0.5) is 0 Å². The first-order valence-corrected chi connectivity index (χ1v) is 12.1. The summed E-state index contributed by atoms with van der Waals surface area (Å²) in [7, 11) is -1.69. The Morgan fingerprint density at radius 2 is 1.72 bits per heavy atom. The van der Waals surface area contributed by atoms with Gasteiger partial charge in [-0.25, -0.2) is 0 Å². The largest absolute Gasteiger partial charge is 0.416 e. The molecule has 1 rings (SSSR count). The lowest BCUT2D eigenvalue weighted by Gasteiger charge is -2.42. The van der Waals surface area contributed by atoms with E-state index in [-0.39, 0.29) is 0 Å². The Hall–Kier alpha value is -0.933. The second kappa shape index (κ2) is 10.9. The summed E-state index contributed by atoms with van der Waals surface area (Å²) in [6.45, 7) is 17.3. The molecule has 0 amide bonds. The Balaban J connectivity index is 2.39. The van der Waals surface area contributed by atoms with Gasteiger partial charge >= 0.3 is 0 Å². The van der Waals surface area contributed by atoms with Crippen molar-refractivity contribution in [3.63, 3.8) is 0 Å². The van der Waals surface area contributed by atoms with Crippen molar-refractivity contribution in [3.8, 4) is 0 Å². The van der Waals surface area contributed by atoms with Gasteiger partial charge in [-0.2, -0.15) is 0 Å². The molecule has 0 atom stereocenters. The molecule has 3 heteroatoms. The van der Waals surface area contributed by atoms with Crippen molar-refractivity contribution in [3.05, 3.63) is 41.7 Å². The van der Waals surface area contributed by atoms with Gasteiger partial charge in [0.25, 0.3) is 0 Å². The highest BCUT2D eigenvalue weighted by Gasteiger charge is 2.44. The molecule has 0 aromatic carbocycles. The number of unbranched alkanes of at least 4 members (excludes halogenated alkanes) is 1. The minimum absolute atomic E-state index is 0.675. The Morgan fingerprint density at radius 3 is 2.24 bits per heavy atom. The number of hydrogen-bond donors (Lipinski definition) is 0. The maximum Gasteiger partial charge on any atom is 0.200 e. The van der Waals surface area contributed by atoms with Crippen LogP contribution in [-0.4, -0.2) is 19.9 Å². The minimum atomic E-state index is -1.69. The molecule has 0 aliphatic heterocycles. The summed E-state index contributed by atoms with van der Waals surface area (Å²) in [5.41, 5.74) is 4.78. The molecule has 0 saturated heterocycles. The van der Waals surface area contributed by atoms with Gasteiger partial charge in [-0.1, -0.05) is 59.3 Å². The van der Waals surface area contributed by atoms with Gasteiger partial charge in [0.1, 0.15) is 0 Å². The van der Waals surface area contributed by atoms with E-state index >= 15 is 0 Å². The topological polar surface area (TPSA) is 22.1 Å². The molecule has 142 valence electrons. The molecule has 1 heterocycles. The standard InChI is InChI=1S/C22H39NOSi/c1-18(2)25(19(3)4,20(5)6)24-16-9-8-11-21(7)13-14-22-12-10-15-23-17-22/h10,12-13,15,17-20H,8-9,11,14,16H2,1-7H3/b21-13+. The van der Waals surface area contributed by atoms with Gasteiger partial charge in [0.2, 0.25) is 0 Å². The number of pyridine rings is 1. The fraction of sp³-hybridized carbons (Fsp3) is 0.682. The first-order valence-electron chi connectivity index (χ1n) is 9.99. The quantitative estimate of drug-likeness (QED) is 0.242. The lowest BCUT2D eigenvalue weighted by molar-refractivity contribution is 0.269. The van der Waals surface area contributed by atoms with Gasteiger partial charge in [-0.15, -0.1) is 0 Å². The van der Waals surface area contributed by atoms with Crippen molar-refractivity contribution in [2.45, 2.75) is 90.8 Å². The number of nitrogens with zero attached hydrogens (tertiary/aromatic N) is 1. The Kier molecular flexibility index (Phi) is 9.66. The van der Waals surface area contributed by atoms with Crippen LogP contribution in [0.15, 0.2) is 36.2 Å². The summed E-state index contributed by atoms with van der Waals surface area (Å²) in [5.74, 6) is 0. The minimum Gasteiger partial charge on any atom is -0.416 e. The highest BCUT2D eigenvalue weighted by atomic mass is 28.4. The van der Waals surface area contributed by atoms with E-state index < -0.39 is 8.32 Å². The fourth-order valence-electron chi connectivity index (χ4n) is 4.17. The summed E-state index contributed by atoms with van der Waals surface area (Å²) in [6.07, 6.45) is 10.7. The van der Waals surface area contributed by atoms with Crippen LogP contribution in [0, 0.1) is 0 Å². The molecular weight excluding hydrogens is 322 g/mol. The van der Waals surface area contributed by atoms with Crippen LogP contribution in [0.3, 0.4) is 0 Å². The van der Waals surface area contributed by atoms with Crippen LogP contribution in [-0.2, 0) is 10.8 Å². The van der Waals surface area contributed by atoms with E-state index in [2.05, 4.69) is 65.6 Å². The lowest BCUT2D eigenvalue weighted by atomic mass is 10.1. The SMILES string of the molecule is C/C(=C\Cc1cccnc1)CCCCO[Si](C(C)C)(C(C)C)C(C)C. The molecule has 1 aromatic heterocycles. The molecule has 2 nitrogen and oxygen atoms in total. The van der Waals surface area contributed by atoms with Crippen molar-refractivity contribution >= 4 is 8.32 Å². The van der Waals surface area contributed by atoms with Crippen LogP contribution < -0.4 is 0 Å². The van der Waals surface area contributed by atoms with E-state index in [0.717, 1.165) is 13.0 Å². The molecule has 0 N–H and O–H groups in total. The van der Waals surface area contributed by atoms with E-state index in [0.29, 0.717) is 16.6 Å². The van der Waals surface area contributed by atoms with Crippen molar-refractivity contribution < 1.29 is 4.43 Å². The number of rotatable bonds is 11. The number of hydrogen-bond acceptors (Lipinski definition) is 2. The first-order chi connectivity index (χ1) is 11.8. The molecule has 0 aliphatic rings. The van der Waals surface area contributed by atoms with Gasteiger partial charge in [-0.3, -0.25) is 4.98 Å². The zero-order valence-electron chi connectivity index (χ0n) is 17.5. The normalized spacial score (nSPS) is 13.3. The Morgan fingerprint density at radius 1 is 1.08 bits per heavy atom. The van der Waals surface area contributed by atoms with Crippen molar-refractivity contribution in [2.24, 2.45) is 0 Å². The van der Waals surface area contributed by atoms with Gasteiger partial charge in [-0.05, 0) is 60.9 Å². The van der Waals surface area contributed by atoms with E-state index in [9.17, 15) is 0 Å². The third-order valence-corrected chi connectivity index (χ3v) is 11.6. The maximum atomic E-state index is 6.64. The fourth-order valence-corrected chi connectivity index (χ4v) is 9.67. The second-order valence-corrected chi connectivity index (χ2v) is 13.7. The van der Waals surface area contributed by atoms with Crippen molar-refractivity contribution in [1.29, 1.82) is 0 Å². The molecule has 1 aromatic rings. The summed E-state index contributed by atoms with van der Waals surface area (Å²) in [6, 6.07) is 4.14. The zero-order chi connectivity index (χ0) is 18.9. The van der Waals surface area contributed by atoms with Gasteiger partial charge in [0, 0.05) is 19.0 Å². The average Bonchev–Trinajstić information content (AvgIpc) is 2.56. The molecule has 0 radical (unpaired) electrons. The zero-order valence-corrected chi connectivity index (χ0v) is 18.5. The van der Waals surface area contributed by atoms with Crippen LogP contribution in [0.1, 0.15) is 73.3 Å². The van der Waals surface area contributed by atoms with Crippen LogP contribution in [0.2, 0.25) is 16.6 Å². The molecule has 0 bridgehead atoms. The predicted molar refractivity (Wildman–Crippen MR) is 113 cm³/mol. The first kappa shape index (κ1) is 22.1. The summed E-state index contributed by atoms with van der Waals surface area (Å²) in [5, 5.41) is 0. The van der Waals surface area contributed by atoms with Crippen molar-refractivity contribution in [1.82, 2.24) is 4.98 Å². The Bertz CT molecular complexity index is 486. The third-order valence-electron chi connectivity index (χ3n) is 5.43. The second-order valence-electron chi connectivity index (χ2n) is 8.24. The lowest BCUT2D eigenvalue weighted by Crippen LogP contribution is -2.47. The summed E-state index contributed by atoms with van der Waals surface area (Å²) < 4.78 is 6.64. The summed E-state index contributed by atoms with van der Waals surface area (Å²) in [4.78, 5) is 4.17. The Labute approximate surface area is 157 Å². The predicted octanol–water partition coefficient (Wildman–Crippen LogP) is 6.93. The maximum absolute atomic E-state index is 6.64. The van der Waals surface area contributed by atoms with Crippen molar-refractivity contribution in [2.75, 3.05) is 6.61 Å². The van der Waals surface area contributed by atoms with E-state index in [1.807, 2.05) is 18.5 Å². The van der Waals surface area contributed by atoms with Gasteiger partial charge in [0.05, 0.1) is 0 Å². The molecule has 0 fully saturated rings. The van der Waals surface area contributed by atoms with E-state index in [1.165, 1.54) is 30.4 Å². The molecule has 0 saturated carbocycles. The smallest absolute Gasteiger partial charge is 0.200 e. The monoisotopic (exact) mass is 361 g/mol. The average molecular weight is 362 g/mol. The molecule has 0 spiro atoms.